The fourth-order valence-electron chi connectivity index (χ4n) is 1.48. The molecule has 0 aliphatic rings. The third kappa shape index (κ3) is 5.20. The van der Waals surface area contributed by atoms with Crippen molar-refractivity contribution in [3.63, 3.8) is 0 Å². The van der Waals surface area contributed by atoms with Crippen molar-refractivity contribution in [2.75, 3.05) is 7.11 Å². The Labute approximate surface area is 110 Å². The van der Waals surface area contributed by atoms with Crippen molar-refractivity contribution in [1.29, 1.82) is 0 Å². The molecule has 6 nitrogen and oxygen atoms in total. The molecule has 1 amide bonds. The molecule has 0 aromatic heterocycles. The molecule has 1 atom stereocenters. The molecule has 0 bridgehead atoms. The number of amides is 1. The van der Waals surface area contributed by atoms with Gasteiger partial charge in [0.2, 0.25) is 5.91 Å². The van der Waals surface area contributed by atoms with Crippen molar-refractivity contribution in [3.05, 3.63) is 35.9 Å². The normalized spacial score (nSPS) is 11.4. The van der Waals surface area contributed by atoms with Gasteiger partial charge in [0.25, 0.3) is 0 Å². The predicted octanol–water partition coefficient (Wildman–Crippen LogP) is 0.362. The largest absolute Gasteiger partial charge is 0.480 e. The third-order valence-corrected chi connectivity index (χ3v) is 2.44. The Morgan fingerprint density at radius 2 is 1.89 bits per heavy atom. The number of carbonyl (C=O) groups excluding carboxylic acids is 2. The number of ether oxygens (including phenoxy) is 1. The van der Waals surface area contributed by atoms with Crippen molar-refractivity contribution in [2.24, 2.45) is 0 Å². The van der Waals surface area contributed by atoms with E-state index < -0.39 is 30.3 Å². The standard InChI is InChI=1S/C13H15NO5/c1-19-12(16)8-10(13(17)18)14-11(15)7-9-5-3-2-4-6-9/h2-6,10H,7-8H2,1H3,(H,14,15)(H,17,18)/t10-/m0/s1. The van der Waals surface area contributed by atoms with Crippen LogP contribution in [0.2, 0.25) is 0 Å². The lowest BCUT2D eigenvalue weighted by Crippen LogP contribution is -2.43. The van der Waals surface area contributed by atoms with Gasteiger partial charge in [-0.15, -0.1) is 0 Å². The third-order valence-electron chi connectivity index (χ3n) is 2.44. The summed E-state index contributed by atoms with van der Waals surface area (Å²) < 4.78 is 4.38. The van der Waals surface area contributed by atoms with Crippen LogP contribution >= 0.6 is 0 Å². The van der Waals surface area contributed by atoms with Gasteiger partial charge >= 0.3 is 11.9 Å². The second-order valence-electron chi connectivity index (χ2n) is 3.90. The van der Waals surface area contributed by atoms with Gasteiger partial charge in [-0.05, 0) is 5.56 Å². The molecular formula is C13H15NO5. The number of hydrogen-bond acceptors (Lipinski definition) is 4. The number of carboxylic acids is 1. The number of carboxylic acid groups (broad SMARTS) is 1. The van der Waals surface area contributed by atoms with Gasteiger partial charge in [0, 0.05) is 0 Å². The number of hydrogen-bond donors (Lipinski definition) is 2. The van der Waals surface area contributed by atoms with E-state index in [2.05, 4.69) is 10.1 Å². The topological polar surface area (TPSA) is 92.7 Å². The van der Waals surface area contributed by atoms with Gasteiger partial charge in [-0.3, -0.25) is 9.59 Å². The van der Waals surface area contributed by atoms with Crippen LogP contribution < -0.4 is 5.32 Å². The molecule has 19 heavy (non-hydrogen) atoms. The molecule has 0 fully saturated rings. The minimum absolute atomic E-state index is 0.0613. The average Bonchev–Trinajstić information content (AvgIpc) is 2.38. The highest BCUT2D eigenvalue weighted by Crippen LogP contribution is 2.01. The van der Waals surface area contributed by atoms with E-state index in [9.17, 15) is 14.4 Å². The lowest BCUT2D eigenvalue weighted by atomic mass is 10.1. The summed E-state index contributed by atoms with van der Waals surface area (Å²) in [7, 11) is 1.16. The van der Waals surface area contributed by atoms with Crippen LogP contribution in [0.3, 0.4) is 0 Å². The zero-order valence-corrected chi connectivity index (χ0v) is 10.5. The molecule has 0 heterocycles. The van der Waals surface area contributed by atoms with Crippen LogP contribution in [0.1, 0.15) is 12.0 Å². The number of carbonyl (C=O) groups is 3. The second-order valence-corrected chi connectivity index (χ2v) is 3.90. The summed E-state index contributed by atoms with van der Waals surface area (Å²) in [5.74, 6) is -2.42. The van der Waals surface area contributed by atoms with E-state index in [0.717, 1.165) is 12.7 Å². The number of esters is 1. The van der Waals surface area contributed by atoms with Gasteiger partial charge in [0.15, 0.2) is 0 Å². The first-order valence-corrected chi connectivity index (χ1v) is 5.66. The maximum Gasteiger partial charge on any atom is 0.326 e. The highest BCUT2D eigenvalue weighted by Gasteiger charge is 2.23. The van der Waals surface area contributed by atoms with Crippen LogP contribution in [0.5, 0.6) is 0 Å². The first kappa shape index (κ1) is 14.7. The van der Waals surface area contributed by atoms with Crippen LogP contribution in [0.15, 0.2) is 30.3 Å². The first-order chi connectivity index (χ1) is 9.02. The van der Waals surface area contributed by atoms with Crippen LogP contribution in [-0.4, -0.2) is 36.1 Å². The van der Waals surface area contributed by atoms with E-state index in [0.29, 0.717) is 0 Å². The molecule has 0 unspecified atom stereocenters. The highest BCUT2D eigenvalue weighted by molar-refractivity contribution is 5.87. The molecular weight excluding hydrogens is 250 g/mol. The number of methoxy groups -OCH3 is 1. The van der Waals surface area contributed by atoms with E-state index in [1.807, 2.05) is 6.07 Å². The fourth-order valence-corrected chi connectivity index (χ4v) is 1.48. The van der Waals surface area contributed by atoms with Gasteiger partial charge in [-0.2, -0.15) is 0 Å². The van der Waals surface area contributed by atoms with Crippen molar-refractivity contribution < 1.29 is 24.2 Å². The van der Waals surface area contributed by atoms with Crippen LogP contribution in [0, 0.1) is 0 Å². The van der Waals surface area contributed by atoms with Gasteiger partial charge in [0.1, 0.15) is 6.04 Å². The maximum absolute atomic E-state index is 11.7. The van der Waals surface area contributed by atoms with Gasteiger partial charge in [0.05, 0.1) is 20.0 Å². The van der Waals surface area contributed by atoms with E-state index >= 15 is 0 Å². The van der Waals surface area contributed by atoms with E-state index in [1.54, 1.807) is 24.3 Å². The summed E-state index contributed by atoms with van der Waals surface area (Å²) in [4.78, 5) is 33.6. The Hall–Kier alpha value is -2.37. The van der Waals surface area contributed by atoms with Gasteiger partial charge in [-0.25, -0.2) is 4.79 Å². The fraction of sp³-hybridized carbons (Fsp3) is 0.308. The summed E-state index contributed by atoms with van der Waals surface area (Å²) in [6.45, 7) is 0. The quantitative estimate of drug-likeness (QED) is 0.724. The number of benzene rings is 1. The second kappa shape index (κ2) is 7.15. The predicted molar refractivity (Wildman–Crippen MR) is 66.3 cm³/mol. The zero-order valence-electron chi connectivity index (χ0n) is 10.5. The smallest absolute Gasteiger partial charge is 0.326 e. The van der Waals surface area contributed by atoms with Crippen LogP contribution in [-0.2, 0) is 25.5 Å². The van der Waals surface area contributed by atoms with E-state index in [4.69, 9.17) is 5.11 Å². The molecule has 0 aliphatic heterocycles. The Morgan fingerprint density at radius 1 is 1.26 bits per heavy atom. The Balaban J connectivity index is 2.57. The lowest BCUT2D eigenvalue weighted by Gasteiger charge is -2.13. The molecule has 1 rings (SSSR count). The zero-order chi connectivity index (χ0) is 14.3. The van der Waals surface area contributed by atoms with E-state index in [1.165, 1.54) is 0 Å². The minimum atomic E-state index is -1.27. The summed E-state index contributed by atoms with van der Waals surface area (Å²) in [6, 6.07) is 7.63. The number of rotatable bonds is 6. The molecule has 0 saturated heterocycles. The Bertz CT molecular complexity index is 457. The van der Waals surface area contributed by atoms with Crippen molar-refractivity contribution >= 4 is 17.8 Å². The van der Waals surface area contributed by atoms with E-state index in [-0.39, 0.29) is 6.42 Å². The van der Waals surface area contributed by atoms with Gasteiger partial charge in [-0.1, -0.05) is 30.3 Å². The lowest BCUT2D eigenvalue weighted by molar-refractivity contribution is -0.148. The minimum Gasteiger partial charge on any atom is -0.480 e. The molecule has 1 aromatic carbocycles. The van der Waals surface area contributed by atoms with Crippen molar-refractivity contribution in [2.45, 2.75) is 18.9 Å². The molecule has 2 N–H and O–H groups in total. The molecule has 0 aliphatic carbocycles. The average molecular weight is 265 g/mol. The molecule has 0 saturated carbocycles. The Kier molecular flexibility index (Phi) is 5.53. The van der Waals surface area contributed by atoms with Crippen LogP contribution in [0.25, 0.3) is 0 Å². The van der Waals surface area contributed by atoms with Crippen molar-refractivity contribution in [3.8, 4) is 0 Å². The number of aliphatic carboxylic acids is 1. The summed E-state index contributed by atoms with van der Waals surface area (Å²) in [5.41, 5.74) is 0.766. The monoisotopic (exact) mass is 265 g/mol. The summed E-state index contributed by atoms with van der Waals surface area (Å²) in [5, 5.41) is 11.2. The van der Waals surface area contributed by atoms with Crippen LogP contribution in [0.4, 0.5) is 0 Å². The molecule has 0 spiro atoms. The number of nitrogens with one attached hydrogen (secondary N) is 1. The molecule has 1 aromatic rings. The maximum atomic E-state index is 11.7. The summed E-state index contributed by atoms with van der Waals surface area (Å²) in [6.07, 6.45) is -0.335. The SMILES string of the molecule is COC(=O)C[C@H](NC(=O)Cc1ccccc1)C(=O)O. The molecule has 102 valence electrons. The highest BCUT2D eigenvalue weighted by atomic mass is 16.5. The molecule has 6 heteroatoms. The summed E-state index contributed by atoms with van der Waals surface area (Å²) >= 11 is 0. The first-order valence-electron chi connectivity index (χ1n) is 5.66. The molecule has 0 radical (unpaired) electrons. The van der Waals surface area contributed by atoms with Crippen molar-refractivity contribution in [1.82, 2.24) is 5.32 Å². The Morgan fingerprint density at radius 3 is 2.42 bits per heavy atom. The van der Waals surface area contributed by atoms with Gasteiger partial charge < -0.3 is 15.2 Å².